The van der Waals surface area contributed by atoms with Crippen LogP contribution in [-0.4, -0.2) is 27.3 Å². The number of benzene rings is 1. The standard InChI is InChI=1S/C14H22N2O2/c1-9(8-15)14-11-7-13(18-3)12(17-2)6-10(11)4-5-16-14/h6-7,9,14,16H,4-5,8,15H2,1-3H3/t9-,14-/m1/s1. The van der Waals surface area contributed by atoms with E-state index in [1.807, 2.05) is 0 Å². The van der Waals surface area contributed by atoms with Crippen molar-refractivity contribution >= 4 is 0 Å². The van der Waals surface area contributed by atoms with Crippen LogP contribution in [0, 0.1) is 5.92 Å². The van der Waals surface area contributed by atoms with Crippen LogP contribution < -0.4 is 20.5 Å². The second-order valence-electron chi connectivity index (χ2n) is 4.80. The molecule has 1 aliphatic rings. The molecule has 0 aliphatic carbocycles. The van der Waals surface area contributed by atoms with Gasteiger partial charge in [0.2, 0.25) is 0 Å². The molecule has 1 aliphatic heterocycles. The lowest BCUT2D eigenvalue weighted by atomic mass is 9.86. The second-order valence-corrected chi connectivity index (χ2v) is 4.80. The molecule has 0 saturated heterocycles. The molecule has 0 spiro atoms. The first kappa shape index (κ1) is 13.2. The lowest BCUT2D eigenvalue weighted by molar-refractivity contribution is 0.345. The third-order valence-electron chi connectivity index (χ3n) is 3.68. The molecular formula is C14H22N2O2. The number of hydrogen-bond donors (Lipinski definition) is 2. The van der Waals surface area contributed by atoms with Gasteiger partial charge in [0.1, 0.15) is 0 Å². The fraction of sp³-hybridized carbons (Fsp3) is 0.571. The van der Waals surface area contributed by atoms with E-state index in [2.05, 4.69) is 24.4 Å². The normalized spacial score (nSPS) is 20.1. The number of nitrogens with one attached hydrogen (secondary N) is 1. The van der Waals surface area contributed by atoms with Crippen molar-refractivity contribution in [2.24, 2.45) is 11.7 Å². The lowest BCUT2D eigenvalue weighted by Crippen LogP contribution is -2.36. The van der Waals surface area contributed by atoms with Crippen LogP contribution in [0.25, 0.3) is 0 Å². The number of methoxy groups -OCH3 is 2. The summed E-state index contributed by atoms with van der Waals surface area (Å²) in [7, 11) is 3.34. The molecule has 0 bridgehead atoms. The minimum Gasteiger partial charge on any atom is -0.493 e. The molecule has 1 aromatic carbocycles. The highest BCUT2D eigenvalue weighted by Crippen LogP contribution is 2.37. The Balaban J connectivity index is 2.43. The third kappa shape index (κ3) is 2.31. The van der Waals surface area contributed by atoms with Crippen LogP contribution in [0.3, 0.4) is 0 Å². The van der Waals surface area contributed by atoms with Crippen molar-refractivity contribution in [2.75, 3.05) is 27.3 Å². The number of rotatable bonds is 4. The predicted octanol–water partition coefficient (Wildman–Crippen LogP) is 1.49. The van der Waals surface area contributed by atoms with E-state index in [-0.39, 0.29) is 0 Å². The summed E-state index contributed by atoms with van der Waals surface area (Å²) in [6, 6.07) is 4.47. The van der Waals surface area contributed by atoms with Gasteiger partial charge < -0.3 is 20.5 Å². The third-order valence-corrected chi connectivity index (χ3v) is 3.68. The number of nitrogens with two attached hydrogens (primary N) is 1. The Morgan fingerprint density at radius 3 is 2.61 bits per heavy atom. The molecule has 0 aromatic heterocycles. The molecule has 1 aromatic rings. The molecule has 0 unspecified atom stereocenters. The topological polar surface area (TPSA) is 56.5 Å². The van der Waals surface area contributed by atoms with E-state index in [4.69, 9.17) is 15.2 Å². The van der Waals surface area contributed by atoms with Gasteiger partial charge in [-0.2, -0.15) is 0 Å². The van der Waals surface area contributed by atoms with Crippen LogP contribution in [0.5, 0.6) is 11.5 Å². The van der Waals surface area contributed by atoms with Gasteiger partial charge in [-0.3, -0.25) is 0 Å². The first-order valence-corrected chi connectivity index (χ1v) is 6.39. The van der Waals surface area contributed by atoms with Crippen LogP contribution in [-0.2, 0) is 6.42 Å². The molecule has 2 rings (SSSR count). The Morgan fingerprint density at radius 2 is 2.00 bits per heavy atom. The van der Waals surface area contributed by atoms with Gasteiger partial charge in [-0.1, -0.05) is 6.92 Å². The first-order chi connectivity index (χ1) is 8.71. The molecule has 3 N–H and O–H groups in total. The van der Waals surface area contributed by atoms with Gasteiger partial charge >= 0.3 is 0 Å². The van der Waals surface area contributed by atoms with Crippen molar-refractivity contribution in [1.29, 1.82) is 0 Å². The van der Waals surface area contributed by atoms with Crippen LogP contribution in [0.4, 0.5) is 0 Å². The molecule has 4 nitrogen and oxygen atoms in total. The monoisotopic (exact) mass is 250 g/mol. The average Bonchev–Trinajstić information content (AvgIpc) is 2.44. The van der Waals surface area contributed by atoms with Gasteiger partial charge in [0.05, 0.1) is 14.2 Å². The second kappa shape index (κ2) is 5.59. The maximum absolute atomic E-state index is 5.79. The summed E-state index contributed by atoms with van der Waals surface area (Å²) in [5.74, 6) is 1.99. The van der Waals surface area contributed by atoms with Gasteiger partial charge in [0, 0.05) is 6.04 Å². The zero-order valence-corrected chi connectivity index (χ0v) is 11.3. The Hall–Kier alpha value is -1.26. The average molecular weight is 250 g/mol. The summed E-state index contributed by atoms with van der Waals surface area (Å²) in [4.78, 5) is 0. The largest absolute Gasteiger partial charge is 0.493 e. The molecule has 2 atom stereocenters. The minimum absolute atomic E-state index is 0.304. The summed E-state index contributed by atoms with van der Waals surface area (Å²) in [5.41, 5.74) is 8.41. The number of hydrogen-bond acceptors (Lipinski definition) is 4. The Labute approximate surface area is 108 Å². The van der Waals surface area contributed by atoms with E-state index < -0.39 is 0 Å². The minimum atomic E-state index is 0.304. The highest BCUT2D eigenvalue weighted by atomic mass is 16.5. The molecule has 0 radical (unpaired) electrons. The zero-order valence-electron chi connectivity index (χ0n) is 11.3. The predicted molar refractivity (Wildman–Crippen MR) is 72.2 cm³/mol. The highest BCUT2D eigenvalue weighted by Gasteiger charge is 2.25. The van der Waals surface area contributed by atoms with Crippen molar-refractivity contribution in [3.8, 4) is 11.5 Å². The van der Waals surface area contributed by atoms with Crippen molar-refractivity contribution in [1.82, 2.24) is 5.32 Å². The zero-order chi connectivity index (χ0) is 13.1. The van der Waals surface area contributed by atoms with Crippen LogP contribution >= 0.6 is 0 Å². The van der Waals surface area contributed by atoms with E-state index in [0.29, 0.717) is 18.5 Å². The van der Waals surface area contributed by atoms with E-state index in [1.165, 1.54) is 11.1 Å². The summed E-state index contributed by atoms with van der Waals surface area (Å²) in [6.07, 6.45) is 1.02. The molecule has 1 heterocycles. The maximum atomic E-state index is 5.79. The van der Waals surface area contributed by atoms with Gasteiger partial charge in [0.15, 0.2) is 11.5 Å². The summed E-state index contributed by atoms with van der Waals surface area (Å²) in [5, 5.41) is 3.54. The first-order valence-electron chi connectivity index (χ1n) is 6.39. The van der Waals surface area contributed by atoms with Gasteiger partial charge in [0.25, 0.3) is 0 Å². The molecule has 4 heteroatoms. The van der Waals surface area contributed by atoms with Crippen molar-refractivity contribution in [3.05, 3.63) is 23.3 Å². The molecule has 18 heavy (non-hydrogen) atoms. The molecule has 100 valence electrons. The van der Waals surface area contributed by atoms with Gasteiger partial charge in [-0.25, -0.2) is 0 Å². The van der Waals surface area contributed by atoms with Crippen LogP contribution in [0.1, 0.15) is 24.1 Å². The molecule has 0 amide bonds. The number of fused-ring (bicyclic) bond motifs is 1. The summed E-state index contributed by atoms with van der Waals surface area (Å²) in [6.45, 7) is 3.83. The quantitative estimate of drug-likeness (QED) is 0.850. The fourth-order valence-electron chi connectivity index (χ4n) is 2.56. The van der Waals surface area contributed by atoms with Gasteiger partial charge in [-0.05, 0) is 48.7 Å². The summed E-state index contributed by atoms with van der Waals surface area (Å²) >= 11 is 0. The number of ether oxygens (including phenoxy) is 2. The van der Waals surface area contributed by atoms with E-state index >= 15 is 0 Å². The molecule has 0 fully saturated rings. The molecular weight excluding hydrogens is 228 g/mol. The Morgan fingerprint density at radius 1 is 1.33 bits per heavy atom. The fourth-order valence-corrected chi connectivity index (χ4v) is 2.56. The van der Waals surface area contributed by atoms with Crippen molar-refractivity contribution < 1.29 is 9.47 Å². The highest BCUT2D eigenvalue weighted by molar-refractivity contribution is 5.49. The Kier molecular flexibility index (Phi) is 4.09. The van der Waals surface area contributed by atoms with Gasteiger partial charge in [-0.15, -0.1) is 0 Å². The van der Waals surface area contributed by atoms with Crippen molar-refractivity contribution in [3.63, 3.8) is 0 Å². The molecule has 0 saturated carbocycles. The lowest BCUT2D eigenvalue weighted by Gasteiger charge is -2.31. The van der Waals surface area contributed by atoms with Crippen LogP contribution in [0.15, 0.2) is 12.1 Å². The maximum Gasteiger partial charge on any atom is 0.161 e. The summed E-state index contributed by atoms with van der Waals surface area (Å²) < 4.78 is 10.7. The van der Waals surface area contributed by atoms with Crippen molar-refractivity contribution in [2.45, 2.75) is 19.4 Å². The SMILES string of the molecule is COc1cc2c(cc1OC)[C@@H]([C@H](C)CN)NCC2. The van der Waals surface area contributed by atoms with E-state index in [9.17, 15) is 0 Å². The van der Waals surface area contributed by atoms with E-state index in [1.54, 1.807) is 14.2 Å². The van der Waals surface area contributed by atoms with Crippen LogP contribution in [0.2, 0.25) is 0 Å². The Bertz CT molecular complexity index is 421. The van der Waals surface area contributed by atoms with E-state index in [0.717, 1.165) is 24.5 Å². The smallest absolute Gasteiger partial charge is 0.161 e.